The summed E-state index contributed by atoms with van der Waals surface area (Å²) in [5.41, 5.74) is 0.954. The van der Waals surface area contributed by atoms with Crippen molar-refractivity contribution in [3.63, 3.8) is 0 Å². The first-order valence-corrected chi connectivity index (χ1v) is 6.68. The zero-order valence-electron chi connectivity index (χ0n) is 10.7. The number of hydrogen-bond donors (Lipinski definition) is 2. The van der Waals surface area contributed by atoms with Crippen LogP contribution in [-0.2, 0) is 6.54 Å². The van der Waals surface area contributed by atoms with Gasteiger partial charge in [0, 0.05) is 6.07 Å². The predicted molar refractivity (Wildman–Crippen MR) is 67.8 cm³/mol. The van der Waals surface area contributed by atoms with Gasteiger partial charge in [0.15, 0.2) is 5.76 Å². The molecule has 4 heteroatoms. The monoisotopic (exact) mass is 237 g/mol. The second-order valence-electron chi connectivity index (χ2n) is 4.97. The van der Waals surface area contributed by atoms with Gasteiger partial charge in [-0.2, -0.15) is 0 Å². The minimum Gasteiger partial charge on any atom is -0.360 e. The number of nitrogens with one attached hydrogen (secondary N) is 2. The highest BCUT2D eigenvalue weighted by Gasteiger charge is 2.11. The highest BCUT2D eigenvalue weighted by molar-refractivity contribution is 5.02. The van der Waals surface area contributed by atoms with Gasteiger partial charge in [0.1, 0.15) is 0 Å². The van der Waals surface area contributed by atoms with E-state index in [2.05, 4.69) is 15.8 Å². The molecule has 0 amide bonds. The number of aryl methyl sites for hydroxylation is 1. The normalized spacial score (nSPS) is 20.6. The van der Waals surface area contributed by atoms with E-state index in [1.807, 2.05) is 13.0 Å². The molecule has 0 spiro atoms. The second-order valence-corrected chi connectivity index (χ2v) is 4.97. The van der Waals surface area contributed by atoms with E-state index in [4.69, 9.17) is 4.52 Å². The summed E-state index contributed by atoms with van der Waals surface area (Å²) < 4.78 is 5.14. The van der Waals surface area contributed by atoms with Gasteiger partial charge in [-0.15, -0.1) is 0 Å². The molecule has 2 heterocycles. The molecule has 1 fully saturated rings. The largest absolute Gasteiger partial charge is 0.360 e. The van der Waals surface area contributed by atoms with E-state index in [1.54, 1.807) is 0 Å². The van der Waals surface area contributed by atoms with Crippen molar-refractivity contribution in [2.45, 2.75) is 39.2 Å². The molecule has 2 N–H and O–H groups in total. The molecule has 0 bridgehead atoms. The Hall–Kier alpha value is -0.870. The Bertz CT molecular complexity index is 318. The first-order valence-electron chi connectivity index (χ1n) is 6.68. The molecule has 2 rings (SSSR count). The first kappa shape index (κ1) is 12.6. The Morgan fingerprint density at radius 3 is 3.24 bits per heavy atom. The highest BCUT2D eigenvalue weighted by Crippen LogP contribution is 2.15. The van der Waals surface area contributed by atoms with Crippen molar-refractivity contribution in [1.29, 1.82) is 0 Å². The summed E-state index contributed by atoms with van der Waals surface area (Å²) in [6, 6.07) is 1.98. The summed E-state index contributed by atoms with van der Waals surface area (Å²) in [6.07, 6.45) is 5.32. The summed E-state index contributed by atoms with van der Waals surface area (Å²) in [5.74, 6) is 1.82. The van der Waals surface area contributed by atoms with Gasteiger partial charge in [0.2, 0.25) is 0 Å². The fourth-order valence-electron chi connectivity index (χ4n) is 2.40. The van der Waals surface area contributed by atoms with E-state index in [9.17, 15) is 0 Å². The number of aromatic nitrogens is 1. The topological polar surface area (TPSA) is 50.1 Å². The fourth-order valence-corrected chi connectivity index (χ4v) is 2.40. The molecule has 0 aliphatic carbocycles. The van der Waals surface area contributed by atoms with Crippen molar-refractivity contribution in [2.24, 2.45) is 5.92 Å². The predicted octanol–water partition coefficient (Wildman–Crippen LogP) is 1.85. The second kappa shape index (κ2) is 6.77. The molecular weight excluding hydrogens is 214 g/mol. The summed E-state index contributed by atoms with van der Waals surface area (Å²) >= 11 is 0. The molecule has 1 aliphatic rings. The summed E-state index contributed by atoms with van der Waals surface area (Å²) in [5, 5.41) is 10.7. The lowest BCUT2D eigenvalue weighted by Crippen LogP contribution is -2.30. The van der Waals surface area contributed by atoms with Crippen LogP contribution in [0, 0.1) is 12.8 Å². The molecule has 17 heavy (non-hydrogen) atoms. The van der Waals surface area contributed by atoms with Crippen LogP contribution in [0.5, 0.6) is 0 Å². The SMILES string of the molecule is Cc1cc(CNCCCC2CCCNC2)on1. The molecule has 1 aromatic rings. The summed E-state index contributed by atoms with van der Waals surface area (Å²) in [6.45, 7) is 6.23. The van der Waals surface area contributed by atoms with Crippen molar-refractivity contribution in [3.05, 3.63) is 17.5 Å². The molecule has 1 saturated heterocycles. The average Bonchev–Trinajstić information content (AvgIpc) is 2.76. The van der Waals surface area contributed by atoms with E-state index in [1.165, 1.54) is 38.8 Å². The molecule has 0 aromatic carbocycles. The lowest BCUT2D eigenvalue weighted by Gasteiger charge is -2.22. The molecule has 1 atom stereocenters. The lowest BCUT2D eigenvalue weighted by atomic mass is 9.95. The van der Waals surface area contributed by atoms with E-state index in [0.29, 0.717) is 0 Å². The number of rotatable bonds is 6. The molecule has 1 aromatic heterocycles. The minimum absolute atomic E-state index is 0.795. The van der Waals surface area contributed by atoms with Crippen molar-refractivity contribution in [1.82, 2.24) is 15.8 Å². The van der Waals surface area contributed by atoms with Gasteiger partial charge in [-0.05, 0) is 58.2 Å². The smallest absolute Gasteiger partial charge is 0.150 e. The van der Waals surface area contributed by atoms with Gasteiger partial charge < -0.3 is 15.2 Å². The van der Waals surface area contributed by atoms with Crippen molar-refractivity contribution >= 4 is 0 Å². The summed E-state index contributed by atoms with van der Waals surface area (Å²) in [7, 11) is 0. The minimum atomic E-state index is 0.795. The van der Waals surface area contributed by atoms with E-state index >= 15 is 0 Å². The van der Waals surface area contributed by atoms with Gasteiger partial charge in [-0.25, -0.2) is 0 Å². The Kier molecular flexibility index (Phi) is 5.01. The van der Waals surface area contributed by atoms with Crippen LogP contribution in [-0.4, -0.2) is 24.8 Å². The number of hydrogen-bond acceptors (Lipinski definition) is 4. The van der Waals surface area contributed by atoms with Crippen molar-refractivity contribution in [2.75, 3.05) is 19.6 Å². The highest BCUT2D eigenvalue weighted by atomic mass is 16.5. The van der Waals surface area contributed by atoms with Gasteiger partial charge in [0.25, 0.3) is 0 Å². The molecule has 1 aliphatic heterocycles. The van der Waals surface area contributed by atoms with Crippen LogP contribution in [0.1, 0.15) is 37.1 Å². The quantitative estimate of drug-likeness (QED) is 0.741. The summed E-state index contributed by atoms with van der Waals surface area (Å²) in [4.78, 5) is 0. The molecule has 0 saturated carbocycles. The van der Waals surface area contributed by atoms with Crippen LogP contribution in [0.15, 0.2) is 10.6 Å². The zero-order valence-corrected chi connectivity index (χ0v) is 10.7. The Labute approximate surface area is 103 Å². The maximum absolute atomic E-state index is 5.14. The van der Waals surface area contributed by atoms with Gasteiger partial charge in [-0.1, -0.05) is 5.16 Å². The third-order valence-corrected chi connectivity index (χ3v) is 3.34. The maximum Gasteiger partial charge on any atom is 0.150 e. The van der Waals surface area contributed by atoms with Crippen molar-refractivity contribution < 1.29 is 4.52 Å². The van der Waals surface area contributed by atoms with Gasteiger partial charge >= 0.3 is 0 Å². The standard InChI is InChI=1S/C13H23N3O/c1-11-8-13(17-16-11)10-15-7-3-5-12-4-2-6-14-9-12/h8,12,14-15H,2-7,9-10H2,1H3. The lowest BCUT2D eigenvalue weighted by molar-refractivity contribution is 0.342. The maximum atomic E-state index is 5.14. The molecule has 96 valence electrons. The molecule has 0 radical (unpaired) electrons. The van der Waals surface area contributed by atoms with E-state index < -0.39 is 0 Å². The van der Waals surface area contributed by atoms with E-state index in [-0.39, 0.29) is 0 Å². The molecule has 1 unspecified atom stereocenters. The first-order chi connectivity index (χ1) is 8.34. The molecule has 4 nitrogen and oxygen atoms in total. The van der Waals surface area contributed by atoms with Crippen LogP contribution in [0.2, 0.25) is 0 Å². The number of piperidine rings is 1. The average molecular weight is 237 g/mol. The fraction of sp³-hybridized carbons (Fsp3) is 0.769. The van der Waals surface area contributed by atoms with Crippen molar-refractivity contribution in [3.8, 4) is 0 Å². The van der Waals surface area contributed by atoms with Crippen LogP contribution in [0.25, 0.3) is 0 Å². The third kappa shape index (κ3) is 4.48. The van der Waals surface area contributed by atoms with Gasteiger partial charge in [-0.3, -0.25) is 0 Å². The van der Waals surface area contributed by atoms with Crippen LogP contribution < -0.4 is 10.6 Å². The van der Waals surface area contributed by atoms with Crippen LogP contribution in [0.3, 0.4) is 0 Å². The van der Waals surface area contributed by atoms with Crippen LogP contribution >= 0.6 is 0 Å². The third-order valence-electron chi connectivity index (χ3n) is 3.34. The number of nitrogens with zero attached hydrogens (tertiary/aromatic N) is 1. The Morgan fingerprint density at radius 2 is 2.53 bits per heavy atom. The van der Waals surface area contributed by atoms with E-state index in [0.717, 1.165) is 30.5 Å². The Balaban J connectivity index is 1.51. The Morgan fingerprint density at radius 1 is 1.59 bits per heavy atom. The van der Waals surface area contributed by atoms with Crippen LogP contribution in [0.4, 0.5) is 0 Å². The molecular formula is C13H23N3O. The zero-order chi connectivity index (χ0) is 11.9. The van der Waals surface area contributed by atoms with Gasteiger partial charge in [0.05, 0.1) is 12.2 Å².